The molecule has 0 bridgehead atoms. The topological polar surface area (TPSA) is 90.4 Å². The van der Waals surface area contributed by atoms with Gasteiger partial charge in [-0.3, -0.25) is 4.57 Å². The van der Waals surface area contributed by atoms with Crippen molar-refractivity contribution in [2.45, 2.75) is 31.1 Å². The summed E-state index contributed by atoms with van der Waals surface area (Å²) in [6, 6.07) is 0. The van der Waals surface area contributed by atoms with Gasteiger partial charge in [0.1, 0.15) is 18.1 Å². The molecular formula is C12H12F3N3O3. The molecule has 4 unspecified atom stereocenters. The maximum absolute atomic E-state index is 14.2. The summed E-state index contributed by atoms with van der Waals surface area (Å²) in [5.41, 5.74) is 1.71. The Kier molecular flexibility index (Phi) is 3.93. The van der Waals surface area contributed by atoms with Gasteiger partial charge >= 0.3 is 5.69 Å². The van der Waals surface area contributed by atoms with Gasteiger partial charge in [0.05, 0.1) is 12.2 Å². The highest BCUT2D eigenvalue weighted by molar-refractivity contribution is 5.48. The Morgan fingerprint density at radius 2 is 2.33 bits per heavy atom. The number of nitrogens with zero attached hydrogens (tertiary/aromatic N) is 2. The maximum Gasteiger partial charge on any atom is 0.351 e. The van der Waals surface area contributed by atoms with E-state index >= 15 is 0 Å². The molecule has 0 spiro atoms. The van der Waals surface area contributed by atoms with Gasteiger partial charge < -0.3 is 15.6 Å². The molecule has 21 heavy (non-hydrogen) atoms. The number of anilines is 1. The Bertz CT molecular complexity index is 665. The summed E-state index contributed by atoms with van der Waals surface area (Å²) in [6.07, 6.45) is -3.32. The number of nitrogen functional groups attached to an aromatic ring is 1. The zero-order valence-corrected chi connectivity index (χ0v) is 10.9. The fourth-order valence-electron chi connectivity index (χ4n) is 2.07. The molecule has 9 heteroatoms. The Morgan fingerprint density at radius 1 is 1.67 bits per heavy atom. The molecule has 3 N–H and O–H groups in total. The van der Waals surface area contributed by atoms with E-state index in [1.807, 2.05) is 5.92 Å². The molecule has 6 nitrogen and oxygen atoms in total. The van der Waals surface area contributed by atoms with Crippen LogP contribution in [0, 0.1) is 12.1 Å². The molecular weight excluding hydrogens is 291 g/mol. The second-order valence-corrected chi connectivity index (χ2v) is 4.70. The van der Waals surface area contributed by atoms with E-state index in [1.54, 1.807) is 0 Å². The number of aliphatic hydroxyl groups excluding tert-OH is 1. The van der Waals surface area contributed by atoms with Gasteiger partial charge in [0.15, 0.2) is 18.1 Å². The van der Waals surface area contributed by atoms with Crippen LogP contribution >= 0.6 is 0 Å². The Balaban J connectivity index is 2.49. The fraction of sp³-hybridized carbons (Fsp3) is 0.500. The van der Waals surface area contributed by atoms with Crippen molar-refractivity contribution >= 4 is 5.82 Å². The van der Waals surface area contributed by atoms with Gasteiger partial charge in [-0.25, -0.2) is 13.6 Å². The molecule has 0 radical (unpaired) electrons. The smallest absolute Gasteiger partial charge is 0.351 e. The van der Waals surface area contributed by atoms with Crippen LogP contribution in [0.25, 0.3) is 0 Å². The van der Waals surface area contributed by atoms with Crippen LogP contribution < -0.4 is 11.4 Å². The summed E-state index contributed by atoms with van der Waals surface area (Å²) >= 11 is 0. The summed E-state index contributed by atoms with van der Waals surface area (Å²) in [4.78, 5) is 15.1. The maximum atomic E-state index is 14.2. The van der Waals surface area contributed by atoms with Crippen molar-refractivity contribution in [1.29, 1.82) is 0 Å². The molecule has 1 aromatic heterocycles. The molecule has 0 aliphatic carbocycles. The second kappa shape index (κ2) is 5.38. The number of alkyl halides is 2. The Hall–Kier alpha value is -2.05. The summed E-state index contributed by atoms with van der Waals surface area (Å²) in [5.74, 6) is 1.61. The molecule has 1 aliphatic heterocycles. The van der Waals surface area contributed by atoms with E-state index in [0.717, 1.165) is 19.3 Å². The van der Waals surface area contributed by atoms with E-state index in [-0.39, 0.29) is 11.4 Å². The van der Waals surface area contributed by atoms with Crippen molar-refractivity contribution in [2.75, 3.05) is 12.3 Å². The molecule has 2 rings (SSSR count). The molecule has 0 amide bonds. The van der Waals surface area contributed by atoms with Gasteiger partial charge in [0.2, 0.25) is 0 Å². The highest BCUT2D eigenvalue weighted by Crippen LogP contribution is 2.41. The molecule has 4 atom stereocenters. The number of rotatable bonds is 2. The third-order valence-electron chi connectivity index (χ3n) is 3.33. The van der Waals surface area contributed by atoms with Crippen LogP contribution in [0.5, 0.6) is 0 Å². The van der Waals surface area contributed by atoms with Crippen molar-refractivity contribution in [3.63, 3.8) is 0 Å². The van der Waals surface area contributed by atoms with Crippen molar-refractivity contribution in [3.8, 4) is 12.1 Å². The molecule has 0 aromatic carbocycles. The first-order valence-electron chi connectivity index (χ1n) is 5.92. The van der Waals surface area contributed by atoms with Crippen molar-refractivity contribution in [2.24, 2.45) is 0 Å². The zero-order valence-electron chi connectivity index (χ0n) is 10.9. The minimum atomic E-state index is -2.49. The minimum absolute atomic E-state index is 0.166. The van der Waals surface area contributed by atoms with Gasteiger partial charge in [-0.2, -0.15) is 4.98 Å². The number of hydrogen-bond acceptors (Lipinski definition) is 5. The van der Waals surface area contributed by atoms with Crippen molar-refractivity contribution in [3.05, 3.63) is 22.2 Å². The highest BCUT2D eigenvalue weighted by atomic mass is 19.2. The van der Waals surface area contributed by atoms with E-state index in [0.29, 0.717) is 4.57 Å². The lowest BCUT2D eigenvalue weighted by molar-refractivity contribution is -0.0532. The van der Waals surface area contributed by atoms with Crippen LogP contribution in [0.4, 0.5) is 19.0 Å². The first-order chi connectivity index (χ1) is 9.82. The third kappa shape index (κ3) is 2.48. The molecule has 1 aromatic rings. The van der Waals surface area contributed by atoms with Gasteiger partial charge in [0.25, 0.3) is 0 Å². The first kappa shape index (κ1) is 15.3. The molecule has 114 valence electrons. The van der Waals surface area contributed by atoms with Crippen molar-refractivity contribution < 1.29 is 23.0 Å². The number of aliphatic hydroxyl groups is 1. The lowest BCUT2D eigenvalue weighted by atomic mass is 9.98. The summed E-state index contributed by atoms with van der Waals surface area (Å²) < 4.78 is 46.0. The molecule has 1 fully saturated rings. The van der Waals surface area contributed by atoms with Gasteiger partial charge in [-0.1, -0.05) is 0 Å². The molecule has 2 heterocycles. The number of hydrogen-bond donors (Lipinski definition) is 2. The Labute approximate surface area is 117 Å². The molecule has 1 saturated heterocycles. The fourth-order valence-corrected chi connectivity index (χ4v) is 2.07. The minimum Gasteiger partial charge on any atom is -0.394 e. The highest BCUT2D eigenvalue weighted by Gasteiger charge is 2.56. The van der Waals surface area contributed by atoms with E-state index in [1.165, 1.54) is 0 Å². The zero-order chi connectivity index (χ0) is 15.8. The number of ether oxygens (including phenoxy) is 1. The van der Waals surface area contributed by atoms with Gasteiger partial charge in [0, 0.05) is 6.20 Å². The van der Waals surface area contributed by atoms with Crippen LogP contribution in [0.3, 0.4) is 0 Å². The quantitative estimate of drug-likeness (QED) is 0.754. The lowest BCUT2D eigenvalue weighted by Gasteiger charge is -2.20. The Morgan fingerprint density at radius 3 is 2.86 bits per heavy atom. The average molecular weight is 303 g/mol. The van der Waals surface area contributed by atoms with Gasteiger partial charge in [-0.15, -0.1) is 4.39 Å². The van der Waals surface area contributed by atoms with Crippen LogP contribution in [0.1, 0.15) is 18.7 Å². The SMILES string of the molecule is CC1(F)C(CO)OC(n2cc(C#CF)c(N)nc2=O)C1F. The monoisotopic (exact) mass is 303 g/mol. The summed E-state index contributed by atoms with van der Waals surface area (Å²) in [6.45, 7) is 0.148. The van der Waals surface area contributed by atoms with E-state index in [9.17, 15) is 18.0 Å². The van der Waals surface area contributed by atoms with Crippen LogP contribution in [-0.2, 0) is 4.74 Å². The first-order valence-corrected chi connectivity index (χ1v) is 5.92. The summed E-state index contributed by atoms with van der Waals surface area (Å²) in [7, 11) is 0. The predicted molar refractivity (Wildman–Crippen MR) is 66.3 cm³/mol. The number of nitrogens with two attached hydrogens (primary N) is 1. The molecule has 1 aliphatic rings. The van der Waals surface area contributed by atoms with Crippen LogP contribution in [0.15, 0.2) is 11.0 Å². The van der Waals surface area contributed by atoms with E-state index in [2.05, 4.69) is 4.98 Å². The summed E-state index contributed by atoms with van der Waals surface area (Å²) in [5, 5.41) is 9.01. The average Bonchev–Trinajstić information content (AvgIpc) is 2.64. The normalized spacial score (nSPS) is 31.8. The second-order valence-electron chi connectivity index (χ2n) is 4.70. The van der Waals surface area contributed by atoms with E-state index < -0.39 is 36.5 Å². The van der Waals surface area contributed by atoms with Crippen molar-refractivity contribution in [1.82, 2.24) is 9.55 Å². The van der Waals surface area contributed by atoms with E-state index in [4.69, 9.17) is 15.6 Å². The lowest BCUT2D eigenvalue weighted by Crippen LogP contribution is -2.40. The van der Waals surface area contributed by atoms with Gasteiger partial charge in [-0.05, 0) is 12.8 Å². The third-order valence-corrected chi connectivity index (χ3v) is 3.33. The number of aromatic nitrogens is 2. The predicted octanol–water partition coefficient (Wildman–Crippen LogP) is 0.0600. The molecule has 0 saturated carbocycles. The van der Waals surface area contributed by atoms with Crippen LogP contribution in [-0.4, -0.2) is 39.2 Å². The van der Waals surface area contributed by atoms with Crippen LogP contribution in [0.2, 0.25) is 0 Å². The number of halogens is 3. The largest absolute Gasteiger partial charge is 0.394 e. The standard InChI is InChI=1S/C12H12F3N3O3/c1-12(15)7(5-19)21-10(8(12)14)18-4-6(2-3-13)9(16)17-11(18)20/h4,7-8,10,19H,5H2,1H3,(H2,16,17,20).